The second-order valence-electron chi connectivity index (χ2n) is 6.01. The van der Waals surface area contributed by atoms with Gasteiger partial charge in [0.25, 0.3) is 0 Å². The summed E-state index contributed by atoms with van der Waals surface area (Å²) in [5, 5.41) is 19.4. The molecule has 3 rings (SSSR count). The monoisotopic (exact) mass is 386 g/mol. The highest BCUT2D eigenvalue weighted by atomic mass is 79.9. The van der Waals surface area contributed by atoms with Gasteiger partial charge in [-0.15, -0.1) is 0 Å². The van der Waals surface area contributed by atoms with Crippen molar-refractivity contribution in [3.63, 3.8) is 0 Å². The van der Waals surface area contributed by atoms with Crippen LogP contribution in [0.3, 0.4) is 0 Å². The zero-order valence-electron chi connectivity index (χ0n) is 13.7. The number of benzene rings is 2. The minimum atomic E-state index is -0.570. The van der Waals surface area contributed by atoms with Gasteiger partial charge in [-0.1, -0.05) is 12.1 Å². The van der Waals surface area contributed by atoms with E-state index in [-0.39, 0.29) is 6.04 Å². The molecule has 0 fully saturated rings. The fraction of sp³-hybridized carbons (Fsp3) is 0.316. The maximum atomic E-state index is 10.2. The third-order valence-corrected chi connectivity index (χ3v) is 5.00. The van der Waals surface area contributed by atoms with E-state index in [1.807, 2.05) is 29.2 Å². The molecule has 24 heavy (non-hydrogen) atoms. The molecule has 1 aliphatic rings. The van der Waals surface area contributed by atoms with Crippen LogP contribution in [0.15, 0.2) is 40.9 Å². The molecule has 1 unspecified atom stereocenters. The van der Waals surface area contributed by atoms with Gasteiger partial charge in [0.1, 0.15) is 23.8 Å². The smallest absolute Gasteiger partial charge is 0.146 e. The topological polar surface area (TPSA) is 56.5 Å². The van der Waals surface area contributed by atoms with Crippen LogP contribution in [-0.2, 0) is 6.42 Å². The molecule has 124 valence electrons. The molecule has 2 aromatic rings. The van der Waals surface area contributed by atoms with Gasteiger partial charge in [-0.3, -0.25) is 0 Å². The van der Waals surface area contributed by atoms with E-state index in [0.717, 1.165) is 28.6 Å². The number of para-hydroxylation sites is 1. The SMILES string of the molecule is CC(O)N1c2ccc(Br)c(Oc3ccccc3C#N)c2CC[C@@H]1C. The van der Waals surface area contributed by atoms with Crippen molar-refractivity contribution in [1.29, 1.82) is 5.26 Å². The second kappa shape index (κ2) is 6.84. The van der Waals surface area contributed by atoms with E-state index in [4.69, 9.17) is 4.74 Å². The van der Waals surface area contributed by atoms with Crippen molar-refractivity contribution < 1.29 is 9.84 Å². The third kappa shape index (κ3) is 3.00. The first-order chi connectivity index (χ1) is 11.5. The Morgan fingerprint density at radius 2 is 2.08 bits per heavy atom. The highest BCUT2D eigenvalue weighted by Gasteiger charge is 2.29. The summed E-state index contributed by atoms with van der Waals surface area (Å²) >= 11 is 3.56. The lowest BCUT2D eigenvalue weighted by atomic mass is 9.95. The van der Waals surface area contributed by atoms with Crippen molar-refractivity contribution in [2.24, 2.45) is 0 Å². The number of hydrogen-bond acceptors (Lipinski definition) is 4. The molecule has 0 amide bonds. The van der Waals surface area contributed by atoms with Crippen molar-refractivity contribution in [1.82, 2.24) is 0 Å². The normalized spacial score (nSPS) is 17.8. The van der Waals surface area contributed by atoms with Gasteiger partial charge in [0.15, 0.2) is 0 Å². The molecule has 4 nitrogen and oxygen atoms in total. The molecule has 0 aromatic heterocycles. The zero-order chi connectivity index (χ0) is 17.3. The molecule has 0 saturated heterocycles. The Kier molecular flexibility index (Phi) is 4.79. The van der Waals surface area contributed by atoms with Crippen LogP contribution in [0.5, 0.6) is 11.5 Å². The lowest BCUT2D eigenvalue weighted by Gasteiger charge is -2.39. The lowest BCUT2D eigenvalue weighted by molar-refractivity contribution is 0.174. The molecule has 0 radical (unpaired) electrons. The second-order valence-corrected chi connectivity index (χ2v) is 6.87. The quantitative estimate of drug-likeness (QED) is 0.837. The first-order valence-corrected chi connectivity index (χ1v) is 8.77. The molecule has 1 heterocycles. The minimum Gasteiger partial charge on any atom is -0.454 e. The van der Waals surface area contributed by atoms with Gasteiger partial charge in [0.2, 0.25) is 0 Å². The summed E-state index contributed by atoms with van der Waals surface area (Å²) in [4.78, 5) is 2.01. The van der Waals surface area contributed by atoms with Crippen molar-refractivity contribution in [2.75, 3.05) is 4.90 Å². The first kappa shape index (κ1) is 16.8. The summed E-state index contributed by atoms with van der Waals surface area (Å²) in [6.07, 6.45) is 1.23. The van der Waals surface area contributed by atoms with Crippen LogP contribution in [0.1, 0.15) is 31.4 Å². The lowest BCUT2D eigenvalue weighted by Crippen LogP contribution is -2.43. The Balaban J connectivity index is 2.08. The van der Waals surface area contributed by atoms with Gasteiger partial charge < -0.3 is 14.7 Å². The van der Waals surface area contributed by atoms with E-state index in [0.29, 0.717) is 17.1 Å². The van der Waals surface area contributed by atoms with Gasteiger partial charge >= 0.3 is 0 Å². The molecule has 1 aliphatic heterocycles. The number of rotatable bonds is 3. The summed E-state index contributed by atoms with van der Waals surface area (Å²) in [5.74, 6) is 1.25. The molecule has 2 atom stereocenters. The fourth-order valence-electron chi connectivity index (χ4n) is 3.24. The summed E-state index contributed by atoms with van der Waals surface area (Å²) < 4.78 is 6.96. The number of ether oxygens (including phenoxy) is 1. The van der Waals surface area contributed by atoms with Crippen molar-refractivity contribution >= 4 is 21.6 Å². The largest absolute Gasteiger partial charge is 0.454 e. The molecule has 0 bridgehead atoms. The number of halogens is 1. The zero-order valence-corrected chi connectivity index (χ0v) is 15.2. The van der Waals surface area contributed by atoms with Crippen LogP contribution in [0, 0.1) is 11.3 Å². The van der Waals surface area contributed by atoms with E-state index in [1.54, 1.807) is 19.1 Å². The molecule has 2 aromatic carbocycles. The maximum absolute atomic E-state index is 10.2. The Morgan fingerprint density at radius 1 is 1.33 bits per heavy atom. The molecular weight excluding hydrogens is 368 g/mol. The number of nitriles is 1. The Bertz CT molecular complexity index is 798. The number of nitrogens with zero attached hydrogens (tertiary/aromatic N) is 2. The maximum Gasteiger partial charge on any atom is 0.146 e. The van der Waals surface area contributed by atoms with Crippen LogP contribution in [0.25, 0.3) is 0 Å². The number of hydrogen-bond donors (Lipinski definition) is 1. The van der Waals surface area contributed by atoms with E-state index in [1.165, 1.54) is 0 Å². The number of aliphatic hydroxyl groups excluding tert-OH is 1. The average molecular weight is 387 g/mol. The van der Waals surface area contributed by atoms with Crippen molar-refractivity contribution in [3.8, 4) is 17.6 Å². The highest BCUT2D eigenvalue weighted by Crippen LogP contribution is 2.43. The van der Waals surface area contributed by atoms with E-state index in [9.17, 15) is 10.4 Å². The van der Waals surface area contributed by atoms with Crippen LogP contribution in [0.2, 0.25) is 0 Å². The van der Waals surface area contributed by atoms with Crippen LogP contribution in [0.4, 0.5) is 5.69 Å². The van der Waals surface area contributed by atoms with Gasteiger partial charge in [0.05, 0.1) is 10.0 Å². The molecule has 1 N–H and O–H groups in total. The van der Waals surface area contributed by atoms with Crippen LogP contribution in [-0.4, -0.2) is 17.4 Å². The Morgan fingerprint density at radius 3 is 2.79 bits per heavy atom. The molecule has 0 aliphatic carbocycles. The minimum absolute atomic E-state index is 0.262. The van der Waals surface area contributed by atoms with Gasteiger partial charge in [-0.25, -0.2) is 0 Å². The van der Waals surface area contributed by atoms with Crippen molar-refractivity contribution in [3.05, 3.63) is 52.0 Å². The predicted octanol–water partition coefficient (Wildman–Crippen LogP) is 4.59. The van der Waals surface area contributed by atoms with Gasteiger partial charge in [0, 0.05) is 17.3 Å². The fourth-order valence-corrected chi connectivity index (χ4v) is 3.69. The number of aliphatic hydroxyl groups is 1. The number of anilines is 1. The molecule has 0 saturated carbocycles. The van der Waals surface area contributed by atoms with Crippen molar-refractivity contribution in [2.45, 2.75) is 39.0 Å². The standard InChI is InChI=1S/C19H19BrN2O2/c1-12-7-8-15-17(22(12)13(2)23)10-9-16(20)19(15)24-18-6-4-3-5-14(18)11-21/h3-6,9-10,12-13,23H,7-8H2,1-2H3/t12-,13?/m0/s1. The van der Waals surface area contributed by atoms with Gasteiger partial charge in [-0.2, -0.15) is 5.26 Å². The molecular formula is C19H19BrN2O2. The Hall–Kier alpha value is -2.03. The molecule has 5 heteroatoms. The van der Waals surface area contributed by atoms with E-state index in [2.05, 4.69) is 28.9 Å². The highest BCUT2D eigenvalue weighted by molar-refractivity contribution is 9.10. The summed E-state index contributed by atoms with van der Waals surface area (Å²) in [7, 11) is 0. The van der Waals surface area contributed by atoms with Crippen LogP contribution < -0.4 is 9.64 Å². The van der Waals surface area contributed by atoms with E-state index < -0.39 is 6.23 Å². The Labute approximate surface area is 150 Å². The van der Waals surface area contributed by atoms with Gasteiger partial charge in [-0.05, 0) is 66.9 Å². The molecule has 0 spiro atoms. The number of fused-ring (bicyclic) bond motifs is 1. The third-order valence-electron chi connectivity index (χ3n) is 4.37. The summed E-state index contributed by atoms with van der Waals surface area (Å²) in [5.41, 5.74) is 2.53. The summed E-state index contributed by atoms with van der Waals surface area (Å²) in [6, 6.07) is 13.6. The first-order valence-electron chi connectivity index (χ1n) is 7.97. The average Bonchev–Trinajstić information content (AvgIpc) is 2.57. The predicted molar refractivity (Wildman–Crippen MR) is 97.3 cm³/mol. The summed E-state index contributed by atoms with van der Waals surface area (Å²) in [6.45, 7) is 3.89. The van der Waals surface area contributed by atoms with Crippen LogP contribution >= 0.6 is 15.9 Å². The van der Waals surface area contributed by atoms with E-state index >= 15 is 0 Å².